The molecule has 1 rings (SSSR count). The quantitative estimate of drug-likeness (QED) is 0.757. The first-order valence-corrected chi connectivity index (χ1v) is 4.57. The van der Waals surface area contributed by atoms with E-state index in [2.05, 4.69) is 5.32 Å². The molecule has 1 unspecified atom stereocenters. The number of nitrogens with zero attached hydrogens (tertiary/aromatic N) is 1. The maximum absolute atomic E-state index is 11.4. The van der Waals surface area contributed by atoms with E-state index in [9.17, 15) is 4.79 Å². The lowest BCUT2D eigenvalue weighted by molar-refractivity contribution is 0.564. The number of rotatable bonds is 3. The van der Waals surface area contributed by atoms with Gasteiger partial charge in [-0.1, -0.05) is 6.07 Å². The van der Waals surface area contributed by atoms with Gasteiger partial charge in [-0.3, -0.25) is 4.79 Å². The highest BCUT2D eigenvalue weighted by molar-refractivity contribution is 5.10. The van der Waals surface area contributed by atoms with E-state index in [-0.39, 0.29) is 11.6 Å². The van der Waals surface area contributed by atoms with Gasteiger partial charge in [-0.2, -0.15) is 0 Å². The maximum atomic E-state index is 11.4. The molecule has 1 aromatic heterocycles. The van der Waals surface area contributed by atoms with E-state index in [1.54, 1.807) is 16.7 Å². The molecule has 0 aliphatic heterocycles. The summed E-state index contributed by atoms with van der Waals surface area (Å²) in [5, 5.41) is 3.12. The van der Waals surface area contributed by atoms with Crippen molar-refractivity contribution in [1.29, 1.82) is 0 Å². The molecule has 0 spiro atoms. The Kier molecular flexibility index (Phi) is 3.25. The minimum atomic E-state index is 0.0714. The van der Waals surface area contributed by atoms with Crippen molar-refractivity contribution >= 4 is 0 Å². The van der Waals surface area contributed by atoms with E-state index in [0.29, 0.717) is 0 Å². The van der Waals surface area contributed by atoms with Gasteiger partial charge in [0.25, 0.3) is 5.56 Å². The lowest BCUT2D eigenvalue weighted by Gasteiger charge is -2.16. The van der Waals surface area contributed by atoms with Gasteiger partial charge >= 0.3 is 0 Å². The highest BCUT2D eigenvalue weighted by atomic mass is 16.1. The Bertz CT molecular complexity index is 330. The smallest absolute Gasteiger partial charge is 0.250 e. The Morgan fingerprint density at radius 1 is 1.54 bits per heavy atom. The van der Waals surface area contributed by atoms with Gasteiger partial charge in [0.2, 0.25) is 0 Å². The zero-order valence-corrected chi connectivity index (χ0v) is 8.37. The van der Waals surface area contributed by atoms with Crippen molar-refractivity contribution in [2.45, 2.75) is 26.4 Å². The number of pyridine rings is 1. The fraction of sp³-hybridized carbons (Fsp3) is 0.500. The van der Waals surface area contributed by atoms with Crippen molar-refractivity contribution in [2.24, 2.45) is 0 Å². The van der Waals surface area contributed by atoms with Crippen molar-refractivity contribution in [2.75, 3.05) is 7.05 Å². The Morgan fingerprint density at radius 3 is 2.77 bits per heavy atom. The fourth-order valence-corrected chi connectivity index (χ4v) is 1.40. The molecule has 0 aromatic carbocycles. The molecule has 0 aliphatic carbocycles. The van der Waals surface area contributed by atoms with Gasteiger partial charge in [0, 0.05) is 24.3 Å². The topological polar surface area (TPSA) is 34.0 Å². The highest BCUT2D eigenvalue weighted by Crippen LogP contribution is 2.08. The highest BCUT2D eigenvalue weighted by Gasteiger charge is 2.07. The molecule has 0 saturated carbocycles. The monoisotopic (exact) mass is 180 g/mol. The minimum Gasteiger partial charge on any atom is -0.312 e. The molecule has 1 heterocycles. The van der Waals surface area contributed by atoms with Gasteiger partial charge in [0.1, 0.15) is 0 Å². The van der Waals surface area contributed by atoms with Gasteiger partial charge in [-0.05, 0) is 27.0 Å². The van der Waals surface area contributed by atoms with Crippen molar-refractivity contribution in [1.82, 2.24) is 9.88 Å². The van der Waals surface area contributed by atoms with Crippen molar-refractivity contribution < 1.29 is 0 Å². The van der Waals surface area contributed by atoms with Crippen LogP contribution in [0.5, 0.6) is 0 Å². The Balaban J connectivity index is 3.20. The number of hydrogen-bond acceptors (Lipinski definition) is 2. The Hall–Kier alpha value is -1.09. The summed E-state index contributed by atoms with van der Waals surface area (Å²) in [6.07, 6.45) is 0. The number of hydrogen-bond donors (Lipinski definition) is 1. The third kappa shape index (κ3) is 1.98. The van der Waals surface area contributed by atoms with Crippen LogP contribution >= 0.6 is 0 Å². The summed E-state index contributed by atoms with van der Waals surface area (Å²) < 4.78 is 1.78. The van der Waals surface area contributed by atoms with Crippen molar-refractivity contribution in [3.8, 4) is 0 Å². The van der Waals surface area contributed by atoms with E-state index in [4.69, 9.17) is 0 Å². The van der Waals surface area contributed by atoms with Gasteiger partial charge in [-0.15, -0.1) is 0 Å². The number of nitrogens with one attached hydrogen (secondary N) is 1. The maximum Gasteiger partial charge on any atom is 0.250 e. The molecule has 72 valence electrons. The molecule has 1 N–H and O–H groups in total. The lowest BCUT2D eigenvalue weighted by atomic mass is 10.2. The average Bonchev–Trinajstić information content (AvgIpc) is 2.16. The normalized spacial score (nSPS) is 12.8. The van der Waals surface area contributed by atoms with Gasteiger partial charge in [0.15, 0.2) is 0 Å². The summed E-state index contributed by atoms with van der Waals surface area (Å²) in [4.78, 5) is 11.4. The predicted molar refractivity (Wildman–Crippen MR) is 53.9 cm³/mol. The second-order valence-electron chi connectivity index (χ2n) is 3.04. The van der Waals surface area contributed by atoms with Crippen LogP contribution < -0.4 is 10.9 Å². The van der Waals surface area contributed by atoms with Crippen LogP contribution in [0.15, 0.2) is 23.0 Å². The summed E-state index contributed by atoms with van der Waals surface area (Å²) in [6, 6.07) is 5.59. The van der Waals surface area contributed by atoms with E-state index in [1.165, 1.54) is 0 Å². The largest absolute Gasteiger partial charge is 0.312 e. The number of aromatic nitrogens is 1. The van der Waals surface area contributed by atoms with Crippen LogP contribution in [0, 0.1) is 0 Å². The van der Waals surface area contributed by atoms with E-state index >= 15 is 0 Å². The summed E-state index contributed by atoms with van der Waals surface area (Å²) in [7, 11) is 1.89. The first-order valence-electron chi connectivity index (χ1n) is 4.57. The van der Waals surface area contributed by atoms with Gasteiger partial charge in [-0.25, -0.2) is 0 Å². The van der Waals surface area contributed by atoms with Gasteiger partial charge < -0.3 is 9.88 Å². The summed E-state index contributed by atoms with van der Waals surface area (Å²) in [5.74, 6) is 0. The summed E-state index contributed by atoms with van der Waals surface area (Å²) in [6.45, 7) is 4.75. The molecule has 0 aliphatic rings. The molecular formula is C10H16N2O. The average molecular weight is 180 g/mol. The molecule has 0 amide bonds. The molecule has 1 atom stereocenters. The SMILES string of the molecule is CCn1c(C(C)NC)cccc1=O. The first-order chi connectivity index (χ1) is 6.20. The molecule has 3 heteroatoms. The van der Waals surface area contributed by atoms with Crippen LogP contribution in [-0.2, 0) is 6.54 Å². The van der Waals surface area contributed by atoms with Crippen LogP contribution in [0.3, 0.4) is 0 Å². The molecule has 0 bridgehead atoms. The third-order valence-electron chi connectivity index (χ3n) is 2.28. The van der Waals surface area contributed by atoms with E-state index in [1.807, 2.05) is 27.0 Å². The molecule has 13 heavy (non-hydrogen) atoms. The van der Waals surface area contributed by atoms with Crippen LogP contribution in [0.2, 0.25) is 0 Å². The van der Waals surface area contributed by atoms with Gasteiger partial charge in [0.05, 0.1) is 0 Å². The van der Waals surface area contributed by atoms with Crippen molar-refractivity contribution in [3.05, 3.63) is 34.2 Å². The third-order valence-corrected chi connectivity index (χ3v) is 2.28. The standard InChI is InChI=1S/C10H16N2O/c1-4-12-9(8(2)11-3)6-5-7-10(12)13/h5-8,11H,4H2,1-3H3. The van der Waals surface area contributed by atoms with Crippen LogP contribution in [0.1, 0.15) is 25.6 Å². The minimum absolute atomic E-state index is 0.0714. The van der Waals surface area contributed by atoms with Crippen LogP contribution in [-0.4, -0.2) is 11.6 Å². The van der Waals surface area contributed by atoms with E-state index in [0.717, 1.165) is 12.2 Å². The Labute approximate surface area is 78.4 Å². The molecule has 3 nitrogen and oxygen atoms in total. The fourth-order valence-electron chi connectivity index (χ4n) is 1.40. The van der Waals surface area contributed by atoms with Crippen molar-refractivity contribution in [3.63, 3.8) is 0 Å². The molecule has 0 fully saturated rings. The summed E-state index contributed by atoms with van der Waals surface area (Å²) in [5.41, 5.74) is 1.11. The van der Waals surface area contributed by atoms with Crippen LogP contribution in [0.25, 0.3) is 0 Å². The summed E-state index contributed by atoms with van der Waals surface area (Å²) >= 11 is 0. The molecular weight excluding hydrogens is 164 g/mol. The molecule has 1 aromatic rings. The molecule has 0 saturated heterocycles. The zero-order chi connectivity index (χ0) is 9.84. The zero-order valence-electron chi connectivity index (χ0n) is 8.37. The first kappa shape index (κ1) is 9.99. The predicted octanol–water partition coefficient (Wildman–Crippen LogP) is 1.15. The molecule has 0 radical (unpaired) electrons. The van der Waals surface area contributed by atoms with Crippen LogP contribution in [0.4, 0.5) is 0 Å². The second kappa shape index (κ2) is 4.23. The second-order valence-corrected chi connectivity index (χ2v) is 3.04. The van der Waals surface area contributed by atoms with E-state index < -0.39 is 0 Å². The lowest BCUT2D eigenvalue weighted by Crippen LogP contribution is -2.26. The Morgan fingerprint density at radius 2 is 2.23 bits per heavy atom.